The third-order valence-electron chi connectivity index (χ3n) is 4.90. The van der Waals surface area contributed by atoms with E-state index < -0.39 is 23.7 Å². The zero-order valence-corrected chi connectivity index (χ0v) is 15.8. The third kappa shape index (κ3) is 3.08. The topological polar surface area (TPSA) is 98.7 Å². The Kier molecular flexibility index (Phi) is 4.67. The first kappa shape index (κ1) is 18.5. The van der Waals surface area contributed by atoms with E-state index >= 15 is 0 Å². The van der Waals surface area contributed by atoms with Crippen LogP contribution in [-0.2, 0) is 9.53 Å². The van der Waals surface area contributed by atoms with E-state index in [9.17, 15) is 14.4 Å². The Hall–Kier alpha value is -3.81. The molecule has 0 bridgehead atoms. The van der Waals surface area contributed by atoms with Crippen LogP contribution < -0.4 is 4.74 Å². The fourth-order valence-electron chi connectivity index (χ4n) is 3.45. The van der Waals surface area contributed by atoms with Gasteiger partial charge in [-0.25, -0.2) is 9.97 Å². The lowest BCUT2D eigenvalue weighted by atomic mass is 9.96. The van der Waals surface area contributed by atoms with Crippen molar-refractivity contribution in [3.8, 4) is 5.88 Å². The zero-order chi connectivity index (χ0) is 20.5. The van der Waals surface area contributed by atoms with Crippen molar-refractivity contribution in [1.29, 1.82) is 0 Å². The van der Waals surface area contributed by atoms with Crippen LogP contribution in [0.4, 0.5) is 0 Å². The number of benzene rings is 2. The number of amides is 2. The molecule has 3 aromatic rings. The van der Waals surface area contributed by atoms with Gasteiger partial charge in [0, 0.05) is 6.54 Å². The summed E-state index contributed by atoms with van der Waals surface area (Å²) in [6.45, 7) is -0.170. The quantitative estimate of drug-likeness (QED) is 0.486. The standard InChI is InChI=1S/C21H17N3O5/c1-28-17-10-22-16-9-5-8-12(18(16)23-17)15(21(27)29-2)11-24-19(25)13-6-3-4-7-14(13)20(24)26/h3-10,15H,11H2,1-2H3. The van der Waals surface area contributed by atoms with Gasteiger partial charge in [-0.05, 0) is 23.8 Å². The molecule has 1 atom stereocenters. The first-order valence-corrected chi connectivity index (χ1v) is 8.88. The summed E-state index contributed by atoms with van der Waals surface area (Å²) >= 11 is 0. The molecule has 29 heavy (non-hydrogen) atoms. The number of para-hydroxylation sites is 1. The van der Waals surface area contributed by atoms with Crippen molar-refractivity contribution in [1.82, 2.24) is 14.9 Å². The number of carbonyl (C=O) groups excluding carboxylic acids is 3. The molecule has 8 nitrogen and oxygen atoms in total. The van der Waals surface area contributed by atoms with Crippen molar-refractivity contribution in [3.05, 3.63) is 65.4 Å². The maximum Gasteiger partial charge on any atom is 0.315 e. The molecule has 1 aliphatic heterocycles. The van der Waals surface area contributed by atoms with Crippen molar-refractivity contribution in [2.75, 3.05) is 20.8 Å². The van der Waals surface area contributed by atoms with E-state index in [0.29, 0.717) is 27.7 Å². The molecular formula is C21H17N3O5. The summed E-state index contributed by atoms with van der Waals surface area (Å²) in [5.41, 5.74) is 2.14. The van der Waals surface area contributed by atoms with E-state index in [1.54, 1.807) is 42.5 Å². The fourth-order valence-corrected chi connectivity index (χ4v) is 3.45. The van der Waals surface area contributed by atoms with E-state index in [4.69, 9.17) is 9.47 Å². The smallest absolute Gasteiger partial charge is 0.315 e. The van der Waals surface area contributed by atoms with Gasteiger partial charge in [-0.1, -0.05) is 24.3 Å². The minimum atomic E-state index is -0.924. The number of methoxy groups -OCH3 is 2. The number of aromatic nitrogens is 2. The highest BCUT2D eigenvalue weighted by atomic mass is 16.5. The van der Waals surface area contributed by atoms with Crippen LogP contribution in [0, 0.1) is 0 Å². The highest BCUT2D eigenvalue weighted by Gasteiger charge is 2.39. The highest BCUT2D eigenvalue weighted by Crippen LogP contribution is 2.30. The average Bonchev–Trinajstić information content (AvgIpc) is 3.01. The highest BCUT2D eigenvalue weighted by molar-refractivity contribution is 6.21. The van der Waals surface area contributed by atoms with E-state index in [-0.39, 0.29) is 12.4 Å². The minimum absolute atomic E-state index is 0.170. The Morgan fingerprint density at radius 2 is 1.72 bits per heavy atom. The molecule has 2 aromatic carbocycles. The largest absolute Gasteiger partial charge is 0.480 e. The first-order valence-electron chi connectivity index (χ1n) is 8.88. The van der Waals surface area contributed by atoms with Gasteiger partial charge in [0.25, 0.3) is 11.8 Å². The number of esters is 1. The molecule has 4 rings (SSSR count). The Morgan fingerprint density at radius 1 is 1.03 bits per heavy atom. The number of imide groups is 1. The van der Waals surface area contributed by atoms with Crippen molar-refractivity contribution < 1.29 is 23.9 Å². The van der Waals surface area contributed by atoms with Crippen molar-refractivity contribution in [2.24, 2.45) is 0 Å². The van der Waals surface area contributed by atoms with Gasteiger partial charge >= 0.3 is 5.97 Å². The number of rotatable bonds is 5. The number of ether oxygens (including phenoxy) is 2. The number of hydrogen-bond donors (Lipinski definition) is 0. The maximum absolute atomic E-state index is 12.8. The lowest BCUT2D eigenvalue weighted by Gasteiger charge is -2.22. The van der Waals surface area contributed by atoms with E-state index in [0.717, 1.165) is 4.90 Å². The molecule has 0 saturated carbocycles. The van der Waals surface area contributed by atoms with Crippen LogP contribution in [0.3, 0.4) is 0 Å². The SMILES string of the molecule is COC(=O)C(CN1C(=O)c2ccccc2C1=O)c1cccc2ncc(OC)nc12. The van der Waals surface area contributed by atoms with Crippen LogP contribution in [0.15, 0.2) is 48.7 Å². The van der Waals surface area contributed by atoms with Crippen molar-refractivity contribution >= 4 is 28.8 Å². The second-order valence-corrected chi connectivity index (χ2v) is 6.47. The molecule has 146 valence electrons. The Labute approximate surface area is 166 Å². The summed E-state index contributed by atoms with van der Waals surface area (Å²) in [4.78, 5) is 47.9. The third-order valence-corrected chi connectivity index (χ3v) is 4.90. The first-order chi connectivity index (χ1) is 14.0. The zero-order valence-electron chi connectivity index (χ0n) is 15.8. The summed E-state index contributed by atoms with van der Waals surface area (Å²) in [5.74, 6) is -2.10. The average molecular weight is 391 g/mol. The molecule has 0 fully saturated rings. The van der Waals surface area contributed by atoms with E-state index in [2.05, 4.69) is 9.97 Å². The maximum atomic E-state index is 12.8. The summed E-state index contributed by atoms with van der Waals surface area (Å²) in [6, 6.07) is 11.8. The predicted molar refractivity (Wildman–Crippen MR) is 103 cm³/mol. The van der Waals surface area contributed by atoms with Gasteiger partial charge < -0.3 is 9.47 Å². The van der Waals surface area contributed by atoms with Gasteiger partial charge in [0.1, 0.15) is 5.92 Å². The molecule has 0 aliphatic carbocycles. The van der Waals surface area contributed by atoms with Crippen molar-refractivity contribution in [3.63, 3.8) is 0 Å². The second kappa shape index (κ2) is 7.31. The molecule has 0 N–H and O–H groups in total. The molecular weight excluding hydrogens is 374 g/mol. The van der Waals surface area contributed by atoms with E-state index in [1.807, 2.05) is 0 Å². The van der Waals surface area contributed by atoms with Gasteiger partial charge in [-0.2, -0.15) is 0 Å². The van der Waals surface area contributed by atoms with Crippen LogP contribution in [0.25, 0.3) is 11.0 Å². The molecule has 2 amide bonds. The molecule has 0 radical (unpaired) electrons. The number of nitrogens with zero attached hydrogens (tertiary/aromatic N) is 3. The molecule has 1 unspecified atom stereocenters. The van der Waals surface area contributed by atoms with Crippen LogP contribution in [0.5, 0.6) is 5.88 Å². The minimum Gasteiger partial charge on any atom is -0.480 e. The van der Waals surface area contributed by atoms with Gasteiger partial charge in [-0.15, -0.1) is 0 Å². The van der Waals surface area contributed by atoms with Gasteiger partial charge in [0.2, 0.25) is 5.88 Å². The molecule has 0 saturated heterocycles. The van der Waals surface area contributed by atoms with Crippen molar-refractivity contribution in [2.45, 2.75) is 5.92 Å². The lowest BCUT2D eigenvalue weighted by molar-refractivity contribution is -0.142. The number of carbonyl (C=O) groups is 3. The van der Waals surface area contributed by atoms with Crippen LogP contribution in [0.1, 0.15) is 32.2 Å². The van der Waals surface area contributed by atoms with Gasteiger partial charge in [-0.3, -0.25) is 19.3 Å². The summed E-state index contributed by atoms with van der Waals surface area (Å²) in [6.07, 6.45) is 1.48. The Bertz CT molecular complexity index is 1110. The van der Waals surface area contributed by atoms with E-state index in [1.165, 1.54) is 20.4 Å². The number of hydrogen-bond acceptors (Lipinski definition) is 7. The second-order valence-electron chi connectivity index (χ2n) is 6.47. The summed E-state index contributed by atoms with van der Waals surface area (Å²) in [5, 5.41) is 0. The molecule has 1 aromatic heterocycles. The molecule has 0 spiro atoms. The lowest BCUT2D eigenvalue weighted by Crippen LogP contribution is -2.36. The van der Waals surface area contributed by atoms with Crippen LogP contribution >= 0.6 is 0 Å². The Morgan fingerprint density at radius 3 is 2.34 bits per heavy atom. The summed E-state index contributed by atoms with van der Waals surface area (Å²) in [7, 11) is 2.73. The van der Waals surface area contributed by atoms with Crippen LogP contribution in [-0.4, -0.2) is 53.4 Å². The molecule has 2 heterocycles. The number of fused-ring (bicyclic) bond motifs is 2. The fraction of sp³-hybridized carbons (Fsp3) is 0.190. The normalized spacial score (nSPS) is 14.1. The molecule has 8 heteroatoms. The van der Waals surface area contributed by atoms with Gasteiger partial charge in [0.05, 0.1) is 42.6 Å². The molecule has 1 aliphatic rings. The predicted octanol–water partition coefficient (Wildman–Crippen LogP) is 2.19. The van der Waals surface area contributed by atoms with Gasteiger partial charge in [0.15, 0.2) is 0 Å². The monoisotopic (exact) mass is 391 g/mol. The van der Waals surface area contributed by atoms with Crippen LogP contribution in [0.2, 0.25) is 0 Å². The summed E-state index contributed by atoms with van der Waals surface area (Å²) < 4.78 is 10.1. The Balaban J connectivity index is 1.78.